The van der Waals surface area contributed by atoms with Gasteiger partial charge in [-0.2, -0.15) is 0 Å². The first kappa shape index (κ1) is 24.7. The number of aryl methyl sites for hydroxylation is 2. The maximum absolute atomic E-state index is 13.7. The van der Waals surface area contributed by atoms with E-state index < -0.39 is 0 Å². The van der Waals surface area contributed by atoms with Crippen molar-refractivity contribution in [1.29, 1.82) is 0 Å². The molecule has 2 amide bonds. The Kier molecular flexibility index (Phi) is 6.72. The SMILES string of the molecule is Cc1cc(C)cc(NC(=S)N2CCC3(CCN(C(=O)[C@@H]4CC(=O)N(C)[C@H]4c4cccnc4)C3)CC2)c1. The maximum atomic E-state index is 13.7. The summed E-state index contributed by atoms with van der Waals surface area (Å²) in [6, 6.07) is 9.98. The first-order valence-corrected chi connectivity index (χ1v) is 13.2. The topological polar surface area (TPSA) is 68.8 Å². The highest BCUT2D eigenvalue weighted by atomic mass is 32.1. The molecule has 5 rings (SSSR count). The van der Waals surface area contributed by atoms with Crippen LogP contribution >= 0.6 is 12.2 Å². The van der Waals surface area contributed by atoms with Gasteiger partial charge in [-0.15, -0.1) is 0 Å². The summed E-state index contributed by atoms with van der Waals surface area (Å²) in [5.74, 6) is -0.224. The Bertz CT molecular complexity index is 1140. The monoisotopic (exact) mass is 505 g/mol. The van der Waals surface area contributed by atoms with Crippen LogP contribution < -0.4 is 5.32 Å². The zero-order valence-electron chi connectivity index (χ0n) is 21.4. The van der Waals surface area contributed by atoms with Crippen LogP contribution in [0.1, 0.15) is 48.4 Å². The normalized spacial score (nSPS) is 23.4. The molecular formula is C28H35N5O2S. The second-order valence-electron chi connectivity index (χ2n) is 10.8. The standard InChI is InChI=1S/C28H35N5O2S/c1-19-13-20(2)15-22(14-19)30-27(36)32-10-6-28(7-11-32)8-12-33(18-28)26(35)23-16-24(34)31(3)25(23)21-5-4-9-29-17-21/h4-5,9,13-15,17,23,25H,6-8,10-12,16,18H2,1-3H3,(H,30,36)/t23-,25+/m1/s1. The van der Waals surface area contributed by atoms with Gasteiger partial charge >= 0.3 is 0 Å². The first-order chi connectivity index (χ1) is 17.2. The number of likely N-dealkylation sites (tertiary alicyclic amines) is 3. The molecule has 0 saturated carbocycles. The molecule has 1 aromatic carbocycles. The number of anilines is 1. The van der Waals surface area contributed by atoms with Crippen LogP contribution in [0.4, 0.5) is 5.69 Å². The molecule has 3 aliphatic rings. The highest BCUT2D eigenvalue weighted by Gasteiger charge is 2.48. The average molecular weight is 506 g/mol. The molecule has 1 spiro atoms. The van der Waals surface area contributed by atoms with Crippen LogP contribution in [0.25, 0.3) is 0 Å². The fraction of sp³-hybridized carbons (Fsp3) is 0.500. The Morgan fingerprint density at radius 2 is 1.75 bits per heavy atom. The Labute approximate surface area is 218 Å². The molecule has 1 aromatic heterocycles. The zero-order valence-corrected chi connectivity index (χ0v) is 22.2. The summed E-state index contributed by atoms with van der Waals surface area (Å²) in [6.07, 6.45) is 6.80. The summed E-state index contributed by atoms with van der Waals surface area (Å²) in [4.78, 5) is 36.4. The largest absolute Gasteiger partial charge is 0.349 e. The number of piperidine rings is 1. The number of nitrogens with one attached hydrogen (secondary N) is 1. The number of carbonyl (C=O) groups excluding carboxylic acids is 2. The molecule has 0 radical (unpaired) electrons. The van der Waals surface area contributed by atoms with Gasteiger partial charge in [0.1, 0.15) is 0 Å². The summed E-state index contributed by atoms with van der Waals surface area (Å²) in [5.41, 5.74) is 4.54. The smallest absolute Gasteiger partial charge is 0.228 e. The van der Waals surface area contributed by atoms with Gasteiger partial charge < -0.3 is 20.0 Å². The van der Waals surface area contributed by atoms with E-state index in [1.807, 2.05) is 17.0 Å². The number of carbonyl (C=O) groups is 2. The van der Waals surface area contributed by atoms with Crippen LogP contribution in [0.15, 0.2) is 42.7 Å². The first-order valence-electron chi connectivity index (χ1n) is 12.8. The third-order valence-corrected chi connectivity index (χ3v) is 8.62. The molecule has 2 aromatic rings. The zero-order chi connectivity index (χ0) is 25.4. The minimum Gasteiger partial charge on any atom is -0.349 e. The maximum Gasteiger partial charge on any atom is 0.228 e. The third-order valence-electron chi connectivity index (χ3n) is 8.26. The van der Waals surface area contributed by atoms with Crippen molar-refractivity contribution < 1.29 is 9.59 Å². The van der Waals surface area contributed by atoms with Gasteiger partial charge in [-0.05, 0) is 85.6 Å². The molecule has 2 atom stereocenters. The minimum absolute atomic E-state index is 0.0224. The molecule has 4 heterocycles. The second kappa shape index (κ2) is 9.81. The molecule has 7 nitrogen and oxygen atoms in total. The van der Waals surface area contributed by atoms with Crippen LogP contribution in [-0.4, -0.2) is 69.8 Å². The Morgan fingerprint density at radius 3 is 2.39 bits per heavy atom. The highest BCUT2D eigenvalue weighted by molar-refractivity contribution is 7.80. The Hall–Kier alpha value is -3.00. The van der Waals surface area contributed by atoms with E-state index in [-0.39, 0.29) is 35.6 Å². The summed E-state index contributed by atoms with van der Waals surface area (Å²) in [7, 11) is 1.80. The third kappa shape index (κ3) is 4.83. The molecular weight excluding hydrogens is 470 g/mol. The minimum atomic E-state index is -0.350. The lowest BCUT2D eigenvalue weighted by molar-refractivity contribution is -0.136. The number of pyridine rings is 1. The number of aromatic nitrogens is 1. The molecule has 0 unspecified atom stereocenters. The van der Waals surface area contributed by atoms with Gasteiger partial charge in [0.25, 0.3) is 0 Å². The van der Waals surface area contributed by atoms with Gasteiger partial charge in [0.05, 0.1) is 12.0 Å². The number of thiocarbonyl (C=S) groups is 1. The van der Waals surface area contributed by atoms with Crippen molar-refractivity contribution in [1.82, 2.24) is 19.7 Å². The fourth-order valence-electron chi connectivity index (χ4n) is 6.30. The van der Waals surface area contributed by atoms with Gasteiger partial charge in [0.2, 0.25) is 11.8 Å². The molecule has 36 heavy (non-hydrogen) atoms. The summed E-state index contributed by atoms with van der Waals surface area (Å²) in [5, 5.41) is 4.19. The van der Waals surface area contributed by atoms with Crippen LogP contribution in [0.3, 0.4) is 0 Å². The molecule has 1 N–H and O–H groups in total. The van der Waals surface area contributed by atoms with Gasteiger partial charge in [-0.25, -0.2) is 0 Å². The molecule has 3 saturated heterocycles. The predicted molar refractivity (Wildman–Crippen MR) is 144 cm³/mol. The molecule has 190 valence electrons. The molecule has 8 heteroatoms. The van der Waals surface area contributed by atoms with Gasteiger partial charge in [0, 0.05) is 57.7 Å². The van der Waals surface area contributed by atoms with E-state index in [0.717, 1.165) is 61.8 Å². The van der Waals surface area contributed by atoms with Gasteiger partial charge in [-0.1, -0.05) is 12.1 Å². The van der Waals surface area contributed by atoms with Crippen molar-refractivity contribution in [2.45, 2.75) is 45.6 Å². The summed E-state index contributed by atoms with van der Waals surface area (Å²) < 4.78 is 0. The van der Waals surface area contributed by atoms with Crippen molar-refractivity contribution in [3.8, 4) is 0 Å². The van der Waals surface area contributed by atoms with E-state index in [0.29, 0.717) is 0 Å². The summed E-state index contributed by atoms with van der Waals surface area (Å²) in [6.45, 7) is 7.50. The molecule has 3 fully saturated rings. The van der Waals surface area contributed by atoms with E-state index in [1.54, 1.807) is 24.3 Å². The van der Waals surface area contributed by atoms with Crippen LogP contribution in [0.5, 0.6) is 0 Å². The molecule has 0 bridgehead atoms. The lowest BCUT2D eigenvalue weighted by Crippen LogP contribution is -2.46. The molecule has 3 aliphatic heterocycles. The number of rotatable bonds is 3. The van der Waals surface area contributed by atoms with Crippen LogP contribution in [0, 0.1) is 25.2 Å². The van der Waals surface area contributed by atoms with Gasteiger partial charge in [-0.3, -0.25) is 14.6 Å². The van der Waals surface area contributed by atoms with Crippen molar-refractivity contribution in [2.75, 3.05) is 38.5 Å². The summed E-state index contributed by atoms with van der Waals surface area (Å²) >= 11 is 5.73. The highest BCUT2D eigenvalue weighted by Crippen LogP contribution is 2.43. The quantitative estimate of drug-likeness (QED) is 0.638. The molecule has 0 aliphatic carbocycles. The Balaban J connectivity index is 1.20. The predicted octanol–water partition coefficient (Wildman–Crippen LogP) is 3.93. The van der Waals surface area contributed by atoms with Crippen LogP contribution in [-0.2, 0) is 9.59 Å². The van der Waals surface area contributed by atoms with Crippen LogP contribution in [0.2, 0.25) is 0 Å². The van der Waals surface area contributed by atoms with E-state index in [1.165, 1.54) is 11.1 Å². The lowest BCUT2D eigenvalue weighted by Gasteiger charge is -2.40. The van der Waals surface area contributed by atoms with Crippen molar-refractivity contribution in [2.24, 2.45) is 11.3 Å². The number of hydrogen-bond donors (Lipinski definition) is 1. The van der Waals surface area contributed by atoms with E-state index in [9.17, 15) is 9.59 Å². The Morgan fingerprint density at radius 1 is 1.08 bits per heavy atom. The fourth-order valence-corrected chi connectivity index (χ4v) is 6.60. The van der Waals surface area contributed by atoms with Gasteiger partial charge in [0.15, 0.2) is 5.11 Å². The lowest BCUT2D eigenvalue weighted by atomic mass is 9.78. The number of nitrogens with zero attached hydrogens (tertiary/aromatic N) is 4. The van der Waals surface area contributed by atoms with Crippen molar-refractivity contribution >= 4 is 34.8 Å². The van der Waals surface area contributed by atoms with Crippen molar-refractivity contribution in [3.63, 3.8) is 0 Å². The van der Waals surface area contributed by atoms with E-state index in [4.69, 9.17) is 12.2 Å². The average Bonchev–Trinajstić information content (AvgIpc) is 3.39. The second-order valence-corrected chi connectivity index (χ2v) is 11.2. The number of amides is 2. The van der Waals surface area contributed by atoms with Crippen molar-refractivity contribution in [3.05, 3.63) is 59.4 Å². The van der Waals surface area contributed by atoms with E-state index in [2.05, 4.69) is 47.2 Å². The number of benzene rings is 1. The number of hydrogen-bond acceptors (Lipinski definition) is 4. The van der Waals surface area contributed by atoms with E-state index >= 15 is 0 Å².